The van der Waals surface area contributed by atoms with E-state index in [1.807, 2.05) is 11.8 Å². The highest BCUT2D eigenvalue weighted by molar-refractivity contribution is 7.99. The van der Waals surface area contributed by atoms with Crippen molar-refractivity contribution in [3.05, 3.63) is 0 Å². The van der Waals surface area contributed by atoms with Crippen molar-refractivity contribution in [1.29, 1.82) is 0 Å². The molecule has 0 aromatic carbocycles. The third-order valence-electron chi connectivity index (χ3n) is 3.36. The fourth-order valence-electron chi connectivity index (χ4n) is 1.93. The van der Waals surface area contributed by atoms with E-state index in [0.29, 0.717) is 11.7 Å². The van der Waals surface area contributed by atoms with Crippen LogP contribution in [0.4, 0.5) is 0 Å². The zero-order chi connectivity index (χ0) is 13.2. The maximum atomic E-state index is 12.1. The van der Waals surface area contributed by atoms with Crippen molar-refractivity contribution in [1.82, 2.24) is 10.2 Å². The number of hydrogen-bond donors (Lipinski definition) is 1. The summed E-state index contributed by atoms with van der Waals surface area (Å²) < 4.78 is 0. The Labute approximate surface area is 116 Å². The van der Waals surface area contributed by atoms with E-state index in [1.165, 1.54) is 0 Å². The molecule has 106 valence electrons. The minimum atomic E-state index is 0.342. The van der Waals surface area contributed by atoms with Gasteiger partial charge in [-0.2, -0.15) is 11.8 Å². The van der Waals surface area contributed by atoms with Gasteiger partial charge >= 0.3 is 0 Å². The molecule has 3 nitrogen and oxygen atoms in total. The molecule has 1 aliphatic heterocycles. The van der Waals surface area contributed by atoms with Gasteiger partial charge < -0.3 is 10.2 Å². The van der Waals surface area contributed by atoms with Gasteiger partial charge in [0.2, 0.25) is 5.91 Å². The predicted octanol–water partition coefficient (Wildman–Crippen LogP) is 2.37. The van der Waals surface area contributed by atoms with Gasteiger partial charge in [0.25, 0.3) is 0 Å². The Morgan fingerprint density at radius 1 is 1.22 bits per heavy atom. The molecule has 0 bridgehead atoms. The fraction of sp³-hybridized carbons (Fsp3) is 0.929. The summed E-state index contributed by atoms with van der Waals surface area (Å²) in [4.78, 5) is 14.2. The zero-order valence-corrected chi connectivity index (χ0v) is 12.7. The fourth-order valence-corrected chi connectivity index (χ4v) is 2.97. The maximum absolute atomic E-state index is 12.1. The average molecular weight is 272 g/mol. The maximum Gasteiger partial charge on any atom is 0.232 e. The molecule has 18 heavy (non-hydrogen) atoms. The van der Waals surface area contributed by atoms with Crippen molar-refractivity contribution in [2.45, 2.75) is 39.5 Å². The highest BCUT2D eigenvalue weighted by atomic mass is 32.2. The van der Waals surface area contributed by atoms with E-state index in [9.17, 15) is 4.79 Å². The number of unbranched alkanes of at least 4 members (excludes halogenated alkanes) is 2. The molecule has 0 spiro atoms. The number of nitrogens with zero attached hydrogens (tertiary/aromatic N) is 1. The SMILES string of the molecule is CCCCN(CCCC)C(=O)CSCC1CNC1. The van der Waals surface area contributed by atoms with E-state index < -0.39 is 0 Å². The summed E-state index contributed by atoms with van der Waals surface area (Å²) in [5.41, 5.74) is 0. The number of amides is 1. The predicted molar refractivity (Wildman–Crippen MR) is 80.1 cm³/mol. The highest BCUT2D eigenvalue weighted by Gasteiger charge is 2.18. The molecule has 0 aliphatic carbocycles. The van der Waals surface area contributed by atoms with Crippen molar-refractivity contribution < 1.29 is 4.79 Å². The first-order valence-corrected chi connectivity index (χ1v) is 8.49. The van der Waals surface area contributed by atoms with Crippen LogP contribution in [0.15, 0.2) is 0 Å². The number of hydrogen-bond acceptors (Lipinski definition) is 3. The smallest absolute Gasteiger partial charge is 0.232 e. The lowest BCUT2D eigenvalue weighted by molar-refractivity contribution is -0.128. The normalized spacial score (nSPS) is 15.4. The van der Waals surface area contributed by atoms with Crippen LogP contribution in [0.2, 0.25) is 0 Å². The van der Waals surface area contributed by atoms with Crippen LogP contribution >= 0.6 is 11.8 Å². The number of carbonyl (C=O) groups excluding carboxylic acids is 1. The molecular formula is C14H28N2OS. The van der Waals surface area contributed by atoms with Gasteiger partial charge in [-0.05, 0) is 37.6 Å². The van der Waals surface area contributed by atoms with E-state index in [0.717, 1.165) is 63.5 Å². The molecule has 4 heteroatoms. The third kappa shape index (κ3) is 6.10. The van der Waals surface area contributed by atoms with E-state index in [4.69, 9.17) is 0 Å². The monoisotopic (exact) mass is 272 g/mol. The first-order valence-electron chi connectivity index (χ1n) is 7.34. The van der Waals surface area contributed by atoms with Gasteiger partial charge in [0, 0.05) is 13.1 Å². The van der Waals surface area contributed by atoms with Crippen molar-refractivity contribution in [2.75, 3.05) is 37.7 Å². The van der Waals surface area contributed by atoms with Gasteiger partial charge in [0.15, 0.2) is 0 Å². The molecule has 0 radical (unpaired) electrons. The summed E-state index contributed by atoms with van der Waals surface area (Å²) in [5, 5.41) is 3.27. The Kier molecular flexibility index (Phi) is 8.51. The zero-order valence-electron chi connectivity index (χ0n) is 11.9. The lowest BCUT2D eigenvalue weighted by Gasteiger charge is -2.27. The van der Waals surface area contributed by atoms with Gasteiger partial charge in [0.1, 0.15) is 0 Å². The Morgan fingerprint density at radius 2 is 1.83 bits per heavy atom. The number of thioether (sulfide) groups is 1. The number of rotatable bonds is 10. The van der Waals surface area contributed by atoms with Crippen molar-refractivity contribution in [2.24, 2.45) is 5.92 Å². The minimum Gasteiger partial charge on any atom is -0.342 e. The molecule has 1 rings (SSSR count). The van der Waals surface area contributed by atoms with Crippen LogP contribution in [0, 0.1) is 5.92 Å². The largest absolute Gasteiger partial charge is 0.342 e. The summed E-state index contributed by atoms with van der Waals surface area (Å²) in [6, 6.07) is 0. The molecule has 1 fully saturated rings. The van der Waals surface area contributed by atoms with E-state index in [1.54, 1.807) is 0 Å². The van der Waals surface area contributed by atoms with Gasteiger partial charge in [0.05, 0.1) is 5.75 Å². The number of nitrogens with one attached hydrogen (secondary N) is 1. The van der Waals surface area contributed by atoms with E-state index >= 15 is 0 Å². The standard InChI is InChI=1S/C14H28N2OS/c1-3-5-7-16(8-6-4-2)14(17)12-18-11-13-9-15-10-13/h13,15H,3-12H2,1-2H3. The van der Waals surface area contributed by atoms with Crippen molar-refractivity contribution in [3.8, 4) is 0 Å². The molecule has 1 saturated heterocycles. The quantitative estimate of drug-likeness (QED) is 0.662. The topological polar surface area (TPSA) is 32.3 Å². The van der Waals surface area contributed by atoms with E-state index in [-0.39, 0.29) is 0 Å². The van der Waals surface area contributed by atoms with Crippen molar-refractivity contribution >= 4 is 17.7 Å². The van der Waals surface area contributed by atoms with Crippen molar-refractivity contribution in [3.63, 3.8) is 0 Å². The molecule has 0 unspecified atom stereocenters. The number of carbonyl (C=O) groups is 1. The van der Waals surface area contributed by atoms with Crippen LogP contribution in [0.1, 0.15) is 39.5 Å². The Balaban J connectivity index is 2.18. The van der Waals surface area contributed by atoms with Crippen LogP contribution in [-0.4, -0.2) is 48.5 Å². The molecule has 1 heterocycles. The van der Waals surface area contributed by atoms with Crippen LogP contribution in [0.5, 0.6) is 0 Å². The molecule has 1 aliphatic rings. The lowest BCUT2D eigenvalue weighted by atomic mass is 10.1. The molecule has 1 N–H and O–H groups in total. The second kappa shape index (κ2) is 9.68. The Bertz CT molecular complexity index is 224. The minimum absolute atomic E-state index is 0.342. The molecule has 0 saturated carbocycles. The van der Waals surface area contributed by atoms with Gasteiger partial charge in [-0.3, -0.25) is 4.79 Å². The second-order valence-corrected chi connectivity index (χ2v) is 6.16. The van der Waals surface area contributed by atoms with Crippen LogP contribution in [0.25, 0.3) is 0 Å². The molecule has 0 aromatic heterocycles. The lowest BCUT2D eigenvalue weighted by Crippen LogP contribution is -2.43. The first kappa shape index (κ1) is 15.8. The van der Waals surface area contributed by atoms with E-state index in [2.05, 4.69) is 24.1 Å². The summed E-state index contributed by atoms with van der Waals surface area (Å²) >= 11 is 1.81. The second-order valence-electron chi connectivity index (χ2n) is 5.13. The summed E-state index contributed by atoms with van der Waals surface area (Å²) in [6.07, 6.45) is 4.59. The van der Waals surface area contributed by atoms with Crippen LogP contribution in [0.3, 0.4) is 0 Å². The summed E-state index contributed by atoms with van der Waals surface area (Å²) in [7, 11) is 0. The van der Waals surface area contributed by atoms with Gasteiger partial charge in [-0.15, -0.1) is 0 Å². The molecule has 0 aromatic rings. The summed E-state index contributed by atoms with van der Waals surface area (Å²) in [6.45, 7) is 8.52. The highest BCUT2D eigenvalue weighted by Crippen LogP contribution is 2.13. The summed E-state index contributed by atoms with van der Waals surface area (Å²) in [5.74, 6) is 2.94. The van der Waals surface area contributed by atoms with Crippen LogP contribution in [-0.2, 0) is 4.79 Å². The van der Waals surface area contributed by atoms with Gasteiger partial charge in [-0.1, -0.05) is 26.7 Å². The third-order valence-corrected chi connectivity index (χ3v) is 4.52. The molecular weight excluding hydrogens is 244 g/mol. The van der Waals surface area contributed by atoms with Crippen LogP contribution < -0.4 is 5.32 Å². The average Bonchev–Trinajstić information content (AvgIpc) is 2.32. The van der Waals surface area contributed by atoms with Gasteiger partial charge in [-0.25, -0.2) is 0 Å². The molecule has 0 atom stereocenters. The Hall–Kier alpha value is -0.220. The Morgan fingerprint density at radius 3 is 2.28 bits per heavy atom. The molecule has 1 amide bonds. The first-order chi connectivity index (χ1) is 8.77.